The molecule has 4 aliphatic rings. The number of fused-ring (bicyclic) bond motifs is 5. The van der Waals surface area contributed by atoms with E-state index in [1.807, 2.05) is 0 Å². The highest BCUT2D eigenvalue weighted by atomic mass is 19.1. The van der Waals surface area contributed by atoms with Crippen molar-refractivity contribution in [2.75, 3.05) is 6.61 Å². The van der Waals surface area contributed by atoms with Gasteiger partial charge in [-0.1, -0.05) is 20.3 Å². The van der Waals surface area contributed by atoms with Crippen LogP contribution in [0.3, 0.4) is 0 Å². The molecule has 9 unspecified atom stereocenters. The summed E-state index contributed by atoms with van der Waals surface area (Å²) >= 11 is 0. The smallest absolute Gasteiger partial charge is 0.161 e. The maximum absolute atomic E-state index is 15.1. The van der Waals surface area contributed by atoms with Gasteiger partial charge in [0.25, 0.3) is 0 Å². The number of alkyl halides is 1. The summed E-state index contributed by atoms with van der Waals surface area (Å²) in [6, 6.07) is 0. The molecule has 0 aromatic heterocycles. The van der Waals surface area contributed by atoms with Gasteiger partial charge in [0.15, 0.2) is 5.78 Å². The lowest BCUT2D eigenvalue weighted by Crippen LogP contribution is -2.52. The quantitative estimate of drug-likeness (QED) is 0.811. The Morgan fingerprint density at radius 3 is 2.54 bits per heavy atom. The van der Waals surface area contributed by atoms with Gasteiger partial charge in [-0.25, -0.2) is 4.39 Å². The maximum atomic E-state index is 15.1. The van der Waals surface area contributed by atoms with Gasteiger partial charge in [-0.15, -0.1) is 0 Å². The molecule has 0 heterocycles. The normalized spacial score (nSPS) is 53.8. The number of ketones is 1. The first-order valence-corrected chi connectivity index (χ1v) is 10.2. The van der Waals surface area contributed by atoms with Gasteiger partial charge in [-0.05, 0) is 85.9 Å². The topological polar surface area (TPSA) is 37.3 Å². The molecule has 3 heteroatoms. The molecule has 4 saturated carbocycles. The Labute approximate surface area is 145 Å². The summed E-state index contributed by atoms with van der Waals surface area (Å²) in [5.74, 6) is 3.28. The first-order valence-electron chi connectivity index (χ1n) is 10.2. The van der Waals surface area contributed by atoms with Crippen LogP contribution < -0.4 is 0 Å². The van der Waals surface area contributed by atoms with Crippen LogP contribution in [0.4, 0.5) is 4.39 Å². The highest BCUT2D eigenvalue weighted by molar-refractivity contribution is 5.83. The van der Waals surface area contributed by atoms with Crippen LogP contribution in [-0.2, 0) is 4.79 Å². The Morgan fingerprint density at radius 1 is 1.04 bits per heavy atom. The van der Waals surface area contributed by atoms with Gasteiger partial charge in [-0.3, -0.25) is 4.79 Å². The van der Waals surface area contributed by atoms with Crippen molar-refractivity contribution in [1.82, 2.24) is 0 Å². The molecule has 0 saturated heterocycles. The summed E-state index contributed by atoms with van der Waals surface area (Å²) in [5, 5.41) is 9.34. The minimum absolute atomic E-state index is 0.00942. The highest BCUT2D eigenvalue weighted by Crippen LogP contribution is 2.64. The summed E-state index contributed by atoms with van der Waals surface area (Å²) in [4.78, 5) is 12.2. The lowest BCUT2D eigenvalue weighted by Gasteiger charge is -2.56. The Hall–Kier alpha value is -0.440. The van der Waals surface area contributed by atoms with E-state index in [-0.39, 0.29) is 23.7 Å². The second-order valence-corrected chi connectivity index (χ2v) is 9.73. The first-order chi connectivity index (χ1) is 11.5. The summed E-state index contributed by atoms with van der Waals surface area (Å²) in [6.07, 6.45) is 7.93. The molecule has 4 rings (SSSR count). The standard InChI is InChI=1S/C21H33FO2/c1-12-3-4-13-14-7-8-21(2)17(5-6-18(21)20(24)11-23)15(14)10-19(22)16(13)9-12/h12-19,23H,3-11H2,1-2H3. The third kappa shape index (κ3) is 2.40. The van der Waals surface area contributed by atoms with E-state index < -0.39 is 6.17 Å². The lowest BCUT2D eigenvalue weighted by molar-refractivity contribution is -0.135. The van der Waals surface area contributed by atoms with Crippen LogP contribution in [0.15, 0.2) is 0 Å². The monoisotopic (exact) mass is 336 g/mol. The van der Waals surface area contributed by atoms with E-state index in [9.17, 15) is 9.90 Å². The predicted molar refractivity (Wildman–Crippen MR) is 92.1 cm³/mol. The molecule has 9 atom stereocenters. The Bertz CT molecular complexity index is 506. The van der Waals surface area contributed by atoms with Gasteiger partial charge < -0.3 is 5.11 Å². The second kappa shape index (κ2) is 6.07. The van der Waals surface area contributed by atoms with Gasteiger partial charge in [0, 0.05) is 5.92 Å². The van der Waals surface area contributed by atoms with E-state index in [2.05, 4.69) is 13.8 Å². The van der Waals surface area contributed by atoms with Crippen LogP contribution >= 0.6 is 0 Å². The van der Waals surface area contributed by atoms with Crippen LogP contribution in [0.2, 0.25) is 0 Å². The maximum Gasteiger partial charge on any atom is 0.161 e. The van der Waals surface area contributed by atoms with Crippen molar-refractivity contribution < 1.29 is 14.3 Å². The zero-order valence-electron chi connectivity index (χ0n) is 15.2. The van der Waals surface area contributed by atoms with E-state index in [0.29, 0.717) is 35.5 Å². The molecular formula is C21H33FO2. The molecule has 1 N–H and O–H groups in total. The van der Waals surface area contributed by atoms with Crippen molar-refractivity contribution in [2.24, 2.45) is 46.8 Å². The van der Waals surface area contributed by atoms with E-state index >= 15 is 4.39 Å². The molecule has 2 nitrogen and oxygen atoms in total. The Morgan fingerprint density at radius 2 is 1.79 bits per heavy atom. The lowest BCUT2D eigenvalue weighted by atomic mass is 9.49. The Kier molecular flexibility index (Phi) is 4.30. The first kappa shape index (κ1) is 17.0. The van der Waals surface area contributed by atoms with Gasteiger partial charge >= 0.3 is 0 Å². The van der Waals surface area contributed by atoms with Gasteiger partial charge in [-0.2, -0.15) is 0 Å². The summed E-state index contributed by atoms with van der Waals surface area (Å²) in [7, 11) is 0. The minimum atomic E-state index is -0.631. The van der Waals surface area contributed by atoms with Crippen molar-refractivity contribution in [2.45, 2.75) is 71.4 Å². The van der Waals surface area contributed by atoms with E-state index in [0.717, 1.165) is 32.1 Å². The molecule has 0 aliphatic heterocycles. The molecule has 0 amide bonds. The van der Waals surface area contributed by atoms with E-state index in [1.165, 1.54) is 19.3 Å². The molecule has 0 aromatic carbocycles. The van der Waals surface area contributed by atoms with Crippen LogP contribution in [0.25, 0.3) is 0 Å². The molecule has 0 aromatic rings. The van der Waals surface area contributed by atoms with E-state index in [1.54, 1.807) is 0 Å². The number of halogens is 1. The molecule has 4 fully saturated rings. The second-order valence-electron chi connectivity index (χ2n) is 9.73. The van der Waals surface area contributed by atoms with Gasteiger partial charge in [0.2, 0.25) is 0 Å². The number of aliphatic hydroxyl groups is 1. The molecule has 24 heavy (non-hydrogen) atoms. The molecule has 136 valence electrons. The van der Waals surface area contributed by atoms with E-state index in [4.69, 9.17) is 0 Å². The van der Waals surface area contributed by atoms with Crippen LogP contribution in [-0.4, -0.2) is 23.7 Å². The summed E-state index contributed by atoms with van der Waals surface area (Å²) < 4.78 is 15.1. The van der Waals surface area contributed by atoms with Crippen LogP contribution in [0, 0.1) is 46.8 Å². The fourth-order valence-corrected chi connectivity index (χ4v) is 7.66. The van der Waals surface area contributed by atoms with Crippen molar-refractivity contribution in [1.29, 1.82) is 0 Å². The molecule has 0 radical (unpaired) electrons. The summed E-state index contributed by atoms with van der Waals surface area (Å²) in [5.41, 5.74) is 0.00942. The molecular weight excluding hydrogens is 303 g/mol. The zero-order chi connectivity index (χ0) is 17.1. The zero-order valence-corrected chi connectivity index (χ0v) is 15.2. The fraction of sp³-hybridized carbons (Fsp3) is 0.952. The number of Topliss-reactive ketones (excluding diaryl/α,β-unsaturated/α-hetero) is 1. The van der Waals surface area contributed by atoms with Crippen molar-refractivity contribution in [3.8, 4) is 0 Å². The fourth-order valence-electron chi connectivity index (χ4n) is 7.66. The largest absolute Gasteiger partial charge is 0.389 e. The SMILES string of the molecule is CC1CCC2C(C1)C(F)CC1C2CCC2(C)C(C(=O)CO)CCC12. The third-order valence-corrected chi connectivity index (χ3v) is 8.77. The number of aliphatic hydroxyl groups excluding tert-OH is 1. The Balaban J connectivity index is 1.58. The number of hydrogen-bond acceptors (Lipinski definition) is 2. The van der Waals surface area contributed by atoms with Gasteiger partial charge in [0.05, 0.1) is 0 Å². The average Bonchev–Trinajstić information content (AvgIpc) is 2.92. The molecule has 0 bridgehead atoms. The van der Waals surface area contributed by atoms with Crippen molar-refractivity contribution in [3.63, 3.8) is 0 Å². The number of hydrogen-bond donors (Lipinski definition) is 1. The van der Waals surface area contributed by atoms with Crippen molar-refractivity contribution in [3.05, 3.63) is 0 Å². The number of carbonyl (C=O) groups excluding carboxylic acids is 1. The molecule has 0 spiro atoms. The number of rotatable bonds is 2. The number of carbonyl (C=O) groups is 1. The van der Waals surface area contributed by atoms with Crippen LogP contribution in [0.5, 0.6) is 0 Å². The van der Waals surface area contributed by atoms with Gasteiger partial charge in [0.1, 0.15) is 12.8 Å². The highest BCUT2D eigenvalue weighted by Gasteiger charge is 2.59. The van der Waals surface area contributed by atoms with Crippen LogP contribution in [0.1, 0.15) is 65.2 Å². The van der Waals surface area contributed by atoms with Crippen molar-refractivity contribution >= 4 is 5.78 Å². The predicted octanol–water partition coefficient (Wildman–Crippen LogP) is 4.40. The minimum Gasteiger partial charge on any atom is -0.389 e. The summed E-state index contributed by atoms with van der Waals surface area (Å²) in [6.45, 7) is 4.23. The third-order valence-electron chi connectivity index (χ3n) is 8.77. The average molecular weight is 336 g/mol. The molecule has 4 aliphatic carbocycles.